The number of amides is 2. The maximum absolute atomic E-state index is 12.7. The van der Waals surface area contributed by atoms with E-state index in [2.05, 4.69) is 20.6 Å². The van der Waals surface area contributed by atoms with Crippen molar-refractivity contribution in [3.8, 4) is 0 Å². The van der Waals surface area contributed by atoms with Crippen LogP contribution in [0.15, 0.2) is 48.9 Å². The lowest BCUT2D eigenvalue weighted by Crippen LogP contribution is -2.34. The number of pyridine rings is 2. The van der Waals surface area contributed by atoms with Gasteiger partial charge in [-0.2, -0.15) is 0 Å². The predicted octanol–water partition coefficient (Wildman–Crippen LogP) is 2.33. The number of nitrogens with one attached hydrogen (secondary N) is 2. The van der Waals surface area contributed by atoms with Crippen LogP contribution in [0.4, 0.5) is 0 Å². The molecule has 0 spiro atoms. The molecular weight excluding hydrogens is 342 g/mol. The van der Waals surface area contributed by atoms with Crippen LogP contribution < -0.4 is 10.6 Å². The van der Waals surface area contributed by atoms with E-state index in [0.29, 0.717) is 12.1 Å². The molecule has 2 N–H and O–H groups in total. The van der Waals surface area contributed by atoms with Gasteiger partial charge in [0.15, 0.2) is 5.69 Å². The zero-order valence-electron chi connectivity index (χ0n) is 14.9. The average Bonchev–Trinajstić information content (AvgIpc) is 3.34. The summed E-state index contributed by atoms with van der Waals surface area (Å²) < 4.78 is 1.67. The number of aromatic nitrogens is 3. The number of imidazole rings is 1. The average molecular weight is 363 g/mol. The van der Waals surface area contributed by atoms with Gasteiger partial charge in [0, 0.05) is 31.2 Å². The fraction of sp³-hybridized carbons (Fsp3) is 0.300. The van der Waals surface area contributed by atoms with E-state index in [1.165, 1.54) is 0 Å². The van der Waals surface area contributed by atoms with Crippen molar-refractivity contribution in [3.63, 3.8) is 0 Å². The smallest absolute Gasteiger partial charge is 0.287 e. The lowest BCUT2D eigenvalue weighted by molar-refractivity contribution is 0.0926. The Hall–Kier alpha value is -3.22. The van der Waals surface area contributed by atoms with Crippen molar-refractivity contribution in [2.24, 2.45) is 0 Å². The van der Waals surface area contributed by atoms with Gasteiger partial charge in [0.05, 0.1) is 5.52 Å². The molecule has 1 saturated carbocycles. The molecule has 4 rings (SSSR count). The molecule has 1 fully saturated rings. The molecule has 1 aliphatic carbocycles. The van der Waals surface area contributed by atoms with Gasteiger partial charge in [-0.1, -0.05) is 25.0 Å². The second-order valence-electron chi connectivity index (χ2n) is 6.74. The number of carbonyl (C=O) groups excluding carboxylic acids is 2. The molecule has 2 amide bonds. The highest BCUT2D eigenvalue weighted by Crippen LogP contribution is 2.19. The van der Waals surface area contributed by atoms with E-state index in [-0.39, 0.29) is 29.4 Å². The number of rotatable bonds is 5. The summed E-state index contributed by atoms with van der Waals surface area (Å²) >= 11 is 0. The Morgan fingerprint density at radius 1 is 1.11 bits per heavy atom. The van der Waals surface area contributed by atoms with Crippen LogP contribution in [0.2, 0.25) is 0 Å². The van der Waals surface area contributed by atoms with Gasteiger partial charge in [0.25, 0.3) is 11.8 Å². The summed E-state index contributed by atoms with van der Waals surface area (Å²) in [5.41, 5.74) is 1.75. The van der Waals surface area contributed by atoms with Crippen molar-refractivity contribution in [1.82, 2.24) is 25.0 Å². The molecular formula is C20H21N5O2. The topological polar surface area (TPSA) is 88.4 Å². The highest BCUT2D eigenvalue weighted by Gasteiger charge is 2.24. The van der Waals surface area contributed by atoms with Crippen molar-refractivity contribution in [1.29, 1.82) is 0 Å². The Morgan fingerprint density at radius 2 is 1.96 bits per heavy atom. The minimum atomic E-state index is -0.317. The summed E-state index contributed by atoms with van der Waals surface area (Å²) in [6.45, 7) is 0.349. The van der Waals surface area contributed by atoms with E-state index in [9.17, 15) is 9.59 Å². The summed E-state index contributed by atoms with van der Waals surface area (Å²) in [6.07, 6.45) is 9.39. The van der Waals surface area contributed by atoms with Crippen LogP contribution in [0.3, 0.4) is 0 Å². The highest BCUT2D eigenvalue weighted by molar-refractivity contribution is 6.02. The molecule has 0 saturated heterocycles. The molecule has 0 atom stereocenters. The van der Waals surface area contributed by atoms with Crippen LogP contribution in [0.1, 0.15) is 52.4 Å². The molecule has 0 radical (unpaired) electrons. The van der Waals surface area contributed by atoms with Crippen LogP contribution in [-0.2, 0) is 6.54 Å². The van der Waals surface area contributed by atoms with E-state index in [1.807, 2.05) is 24.3 Å². The first-order valence-corrected chi connectivity index (χ1v) is 9.17. The summed E-state index contributed by atoms with van der Waals surface area (Å²) in [4.78, 5) is 33.8. The molecule has 3 aromatic heterocycles. The molecule has 7 heteroatoms. The van der Waals surface area contributed by atoms with Gasteiger partial charge in [-0.15, -0.1) is 0 Å². The normalized spacial score (nSPS) is 14.4. The fourth-order valence-corrected chi connectivity index (χ4v) is 3.45. The number of carbonyl (C=O) groups is 2. The van der Waals surface area contributed by atoms with Crippen LogP contribution in [0, 0.1) is 0 Å². The molecule has 138 valence electrons. The molecule has 3 aromatic rings. The summed E-state index contributed by atoms with van der Waals surface area (Å²) in [5, 5.41) is 5.88. The third kappa shape index (κ3) is 3.67. The van der Waals surface area contributed by atoms with Gasteiger partial charge in [-0.25, -0.2) is 4.98 Å². The number of fused-ring (bicyclic) bond motifs is 1. The minimum Gasteiger partial charge on any atom is -0.347 e. The monoisotopic (exact) mass is 363 g/mol. The van der Waals surface area contributed by atoms with E-state index in [4.69, 9.17) is 0 Å². The van der Waals surface area contributed by atoms with Crippen molar-refractivity contribution in [2.75, 3.05) is 0 Å². The maximum Gasteiger partial charge on any atom is 0.287 e. The first-order valence-electron chi connectivity index (χ1n) is 9.17. The van der Waals surface area contributed by atoms with Crippen LogP contribution in [-0.4, -0.2) is 32.2 Å². The van der Waals surface area contributed by atoms with Gasteiger partial charge in [-0.3, -0.25) is 19.0 Å². The summed E-state index contributed by atoms with van der Waals surface area (Å²) in [5.74, 6) is -0.319. The number of hydrogen-bond acceptors (Lipinski definition) is 4. The van der Waals surface area contributed by atoms with E-state index in [0.717, 1.165) is 31.2 Å². The Balaban J connectivity index is 1.57. The minimum absolute atomic E-state index is 0.191. The molecule has 27 heavy (non-hydrogen) atoms. The Morgan fingerprint density at radius 3 is 2.74 bits per heavy atom. The van der Waals surface area contributed by atoms with Gasteiger partial charge in [0.2, 0.25) is 5.82 Å². The Kier molecular flexibility index (Phi) is 4.82. The van der Waals surface area contributed by atoms with E-state index >= 15 is 0 Å². The third-order valence-electron chi connectivity index (χ3n) is 4.83. The summed E-state index contributed by atoms with van der Waals surface area (Å²) in [6, 6.07) is 9.33. The Labute approximate surface area is 156 Å². The first-order chi connectivity index (χ1) is 13.2. The van der Waals surface area contributed by atoms with E-state index < -0.39 is 0 Å². The zero-order valence-corrected chi connectivity index (χ0v) is 14.9. The molecule has 0 aliphatic heterocycles. The molecule has 1 aliphatic rings. The van der Waals surface area contributed by atoms with Crippen LogP contribution in [0.25, 0.3) is 5.52 Å². The maximum atomic E-state index is 12.7. The lowest BCUT2D eigenvalue weighted by atomic mass is 10.2. The van der Waals surface area contributed by atoms with Gasteiger partial charge < -0.3 is 10.6 Å². The largest absolute Gasteiger partial charge is 0.347 e. The van der Waals surface area contributed by atoms with Crippen molar-refractivity contribution < 1.29 is 9.59 Å². The second kappa shape index (κ2) is 7.57. The second-order valence-corrected chi connectivity index (χ2v) is 6.74. The van der Waals surface area contributed by atoms with Gasteiger partial charge >= 0.3 is 0 Å². The summed E-state index contributed by atoms with van der Waals surface area (Å²) in [7, 11) is 0. The number of nitrogens with zero attached hydrogens (tertiary/aromatic N) is 3. The van der Waals surface area contributed by atoms with Crippen LogP contribution >= 0.6 is 0 Å². The molecule has 0 aromatic carbocycles. The third-order valence-corrected chi connectivity index (χ3v) is 4.83. The molecule has 0 unspecified atom stereocenters. The lowest BCUT2D eigenvalue weighted by Gasteiger charge is -2.10. The van der Waals surface area contributed by atoms with Gasteiger partial charge in [-0.05, 0) is 36.6 Å². The van der Waals surface area contributed by atoms with Gasteiger partial charge in [0.1, 0.15) is 0 Å². The Bertz CT molecular complexity index is 961. The fourth-order valence-electron chi connectivity index (χ4n) is 3.45. The van der Waals surface area contributed by atoms with Crippen molar-refractivity contribution >= 4 is 17.3 Å². The van der Waals surface area contributed by atoms with Crippen LogP contribution in [0.5, 0.6) is 0 Å². The molecule has 0 bridgehead atoms. The predicted molar refractivity (Wildman–Crippen MR) is 100 cm³/mol. The SMILES string of the molecule is O=C(NCc1cccnc1)c1nc(C(=O)NC2CCCC2)n2ccccc12. The molecule has 7 nitrogen and oxygen atoms in total. The standard InChI is InChI=1S/C20H21N5O2/c26-19(22-13-14-6-5-10-21-12-14)17-16-9-3-4-11-25(16)18(24-17)20(27)23-15-7-1-2-8-15/h3-6,9-12,15H,1-2,7-8,13H2,(H,22,26)(H,23,27). The van der Waals surface area contributed by atoms with E-state index in [1.54, 1.807) is 29.1 Å². The van der Waals surface area contributed by atoms with Crippen molar-refractivity contribution in [2.45, 2.75) is 38.3 Å². The molecule has 3 heterocycles. The van der Waals surface area contributed by atoms with Crippen molar-refractivity contribution in [3.05, 3.63) is 66.0 Å². The first kappa shape index (κ1) is 17.2. The quantitative estimate of drug-likeness (QED) is 0.728. The zero-order chi connectivity index (χ0) is 18.6. The highest BCUT2D eigenvalue weighted by atomic mass is 16.2. The number of hydrogen-bond donors (Lipinski definition) is 2.